The quantitative estimate of drug-likeness (QED) is 0.752. The van der Waals surface area contributed by atoms with Crippen LogP contribution in [-0.4, -0.2) is 11.6 Å². The third kappa shape index (κ3) is 4.86. The monoisotopic (exact) mass is 225 g/mol. The fourth-order valence-electron chi connectivity index (χ4n) is 3.49. The lowest BCUT2D eigenvalue weighted by Gasteiger charge is -2.36. The van der Waals surface area contributed by atoms with E-state index in [9.17, 15) is 0 Å². The van der Waals surface area contributed by atoms with Crippen molar-refractivity contribution in [3.63, 3.8) is 0 Å². The van der Waals surface area contributed by atoms with Crippen LogP contribution in [0.3, 0.4) is 0 Å². The average molecular weight is 225 g/mol. The number of hydrogen-bond donors (Lipinski definition) is 1. The highest BCUT2D eigenvalue weighted by Crippen LogP contribution is 2.38. The Morgan fingerprint density at radius 2 is 1.69 bits per heavy atom. The molecule has 0 bridgehead atoms. The molecule has 1 nitrogen and oxygen atoms in total. The molecule has 0 radical (unpaired) electrons. The van der Waals surface area contributed by atoms with E-state index in [-0.39, 0.29) is 5.54 Å². The number of nitrogens with one attached hydrogen (secondary N) is 1. The van der Waals surface area contributed by atoms with Crippen molar-refractivity contribution in [3.05, 3.63) is 0 Å². The van der Waals surface area contributed by atoms with E-state index in [0.717, 1.165) is 6.04 Å². The highest BCUT2D eigenvalue weighted by Gasteiger charge is 2.34. The molecule has 1 unspecified atom stereocenters. The van der Waals surface area contributed by atoms with Crippen molar-refractivity contribution in [1.82, 2.24) is 5.32 Å². The first-order chi connectivity index (χ1) is 6.99. The first-order valence-corrected chi connectivity index (χ1v) is 6.77. The molecule has 0 aromatic rings. The van der Waals surface area contributed by atoms with Crippen molar-refractivity contribution < 1.29 is 0 Å². The van der Waals surface area contributed by atoms with Crippen molar-refractivity contribution in [2.24, 2.45) is 10.8 Å². The normalized spacial score (nSPS) is 26.1. The molecule has 0 spiro atoms. The van der Waals surface area contributed by atoms with E-state index in [1.807, 2.05) is 0 Å². The summed E-state index contributed by atoms with van der Waals surface area (Å²) in [4.78, 5) is 0. The van der Waals surface area contributed by atoms with E-state index in [0.29, 0.717) is 10.8 Å². The maximum Gasteiger partial charge on any atom is 0.0132 e. The summed E-state index contributed by atoms with van der Waals surface area (Å²) in [5, 5.41) is 3.87. The molecule has 1 fully saturated rings. The zero-order chi connectivity index (χ0) is 12.6. The van der Waals surface area contributed by atoms with Crippen molar-refractivity contribution in [1.29, 1.82) is 0 Å². The van der Waals surface area contributed by atoms with Crippen LogP contribution >= 0.6 is 0 Å². The van der Waals surface area contributed by atoms with Gasteiger partial charge in [0, 0.05) is 11.6 Å². The van der Waals surface area contributed by atoms with Crippen LogP contribution in [0.2, 0.25) is 0 Å². The Labute approximate surface area is 102 Å². The van der Waals surface area contributed by atoms with E-state index in [1.165, 1.54) is 25.7 Å². The first-order valence-electron chi connectivity index (χ1n) is 6.77. The predicted molar refractivity (Wildman–Crippen MR) is 72.7 cm³/mol. The zero-order valence-electron chi connectivity index (χ0n) is 12.4. The summed E-state index contributed by atoms with van der Waals surface area (Å²) >= 11 is 0. The standard InChI is InChI=1S/C15H31N/c1-13(2,3)11-15(6,7)16-12-8-9-14(4,5)10-12/h12,16H,8-11H2,1-7H3. The Hall–Kier alpha value is -0.0400. The SMILES string of the molecule is CC(C)(C)CC(C)(C)NC1CCC(C)(C)C1. The maximum absolute atomic E-state index is 3.87. The lowest BCUT2D eigenvalue weighted by molar-refractivity contribution is 0.218. The average Bonchev–Trinajstić information content (AvgIpc) is 2.22. The summed E-state index contributed by atoms with van der Waals surface area (Å²) < 4.78 is 0. The second-order valence-electron chi connectivity index (χ2n) is 8.37. The van der Waals surface area contributed by atoms with Gasteiger partial charge in [0.25, 0.3) is 0 Å². The zero-order valence-corrected chi connectivity index (χ0v) is 12.4. The highest BCUT2D eigenvalue weighted by molar-refractivity contribution is 4.92. The van der Waals surface area contributed by atoms with Crippen LogP contribution in [0.1, 0.15) is 74.1 Å². The third-order valence-corrected chi connectivity index (χ3v) is 3.54. The molecule has 1 heteroatoms. The molecule has 0 aliphatic heterocycles. The molecule has 1 atom stereocenters. The topological polar surface area (TPSA) is 12.0 Å². The van der Waals surface area contributed by atoms with Gasteiger partial charge in [0.15, 0.2) is 0 Å². The Kier molecular flexibility index (Phi) is 3.79. The van der Waals surface area contributed by atoms with E-state index in [2.05, 4.69) is 53.8 Å². The van der Waals surface area contributed by atoms with Crippen LogP contribution in [0.4, 0.5) is 0 Å². The molecule has 0 aromatic carbocycles. The first kappa shape index (κ1) is 14.0. The van der Waals surface area contributed by atoms with Crippen LogP contribution in [0.25, 0.3) is 0 Å². The molecule has 1 aliphatic carbocycles. The van der Waals surface area contributed by atoms with Crippen LogP contribution in [0.15, 0.2) is 0 Å². The van der Waals surface area contributed by atoms with Gasteiger partial charge >= 0.3 is 0 Å². The summed E-state index contributed by atoms with van der Waals surface area (Å²) in [5.41, 5.74) is 1.23. The molecule has 1 N–H and O–H groups in total. The molecule has 0 heterocycles. The summed E-state index contributed by atoms with van der Waals surface area (Å²) in [6.45, 7) is 16.5. The van der Waals surface area contributed by atoms with Gasteiger partial charge < -0.3 is 5.32 Å². The minimum absolute atomic E-state index is 0.267. The van der Waals surface area contributed by atoms with Gasteiger partial charge in [0.2, 0.25) is 0 Å². The van der Waals surface area contributed by atoms with Gasteiger partial charge in [-0.05, 0) is 50.4 Å². The molecule has 16 heavy (non-hydrogen) atoms. The minimum atomic E-state index is 0.267. The van der Waals surface area contributed by atoms with Crippen LogP contribution in [-0.2, 0) is 0 Å². The smallest absolute Gasteiger partial charge is 0.0132 e. The molecule has 0 aromatic heterocycles. The predicted octanol–water partition coefficient (Wildman–Crippen LogP) is 4.37. The fourth-order valence-corrected chi connectivity index (χ4v) is 3.49. The van der Waals surface area contributed by atoms with Crippen molar-refractivity contribution in [2.45, 2.75) is 85.7 Å². The van der Waals surface area contributed by atoms with E-state index in [1.54, 1.807) is 0 Å². The Bertz CT molecular complexity index is 232. The van der Waals surface area contributed by atoms with Crippen LogP contribution in [0, 0.1) is 10.8 Å². The fraction of sp³-hybridized carbons (Fsp3) is 1.00. The molecule has 1 saturated carbocycles. The van der Waals surface area contributed by atoms with Crippen LogP contribution in [0.5, 0.6) is 0 Å². The number of rotatable bonds is 3. The number of hydrogen-bond acceptors (Lipinski definition) is 1. The molecule has 96 valence electrons. The van der Waals surface area contributed by atoms with Crippen LogP contribution < -0.4 is 5.32 Å². The molecular formula is C15H31N. The van der Waals surface area contributed by atoms with Gasteiger partial charge in [-0.15, -0.1) is 0 Å². The molecule has 0 saturated heterocycles. The summed E-state index contributed by atoms with van der Waals surface area (Å²) in [6, 6.07) is 0.729. The Balaban J connectivity index is 2.48. The van der Waals surface area contributed by atoms with Crippen molar-refractivity contribution in [3.8, 4) is 0 Å². The second kappa shape index (κ2) is 4.33. The third-order valence-electron chi connectivity index (χ3n) is 3.54. The molecular weight excluding hydrogens is 194 g/mol. The van der Waals surface area contributed by atoms with Gasteiger partial charge in [-0.3, -0.25) is 0 Å². The van der Waals surface area contributed by atoms with Crippen molar-refractivity contribution >= 4 is 0 Å². The Morgan fingerprint density at radius 3 is 2.06 bits per heavy atom. The van der Waals surface area contributed by atoms with E-state index >= 15 is 0 Å². The lowest BCUT2D eigenvalue weighted by Crippen LogP contribution is -2.47. The second-order valence-corrected chi connectivity index (χ2v) is 8.37. The van der Waals surface area contributed by atoms with Gasteiger partial charge in [-0.2, -0.15) is 0 Å². The summed E-state index contributed by atoms with van der Waals surface area (Å²) in [7, 11) is 0. The van der Waals surface area contributed by atoms with Gasteiger partial charge in [0.1, 0.15) is 0 Å². The highest BCUT2D eigenvalue weighted by atomic mass is 15.0. The summed E-state index contributed by atoms with van der Waals surface area (Å²) in [6.07, 6.45) is 5.29. The van der Waals surface area contributed by atoms with E-state index < -0.39 is 0 Å². The van der Waals surface area contributed by atoms with E-state index in [4.69, 9.17) is 0 Å². The Morgan fingerprint density at radius 1 is 1.12 bits per heavy atom. The van der Waals surface area contributed by atoms with Gasteiger partial charge in [-0.25, -0.2) is 0 Å². The lowest BCUT2D eigenvalue weighted by atomic mass is 9.81. The minimum Gasteiger partial charge on any atom is -0.309 e. The van der Waals surface area contributed by atoms with Gasteiger partial charge in [-0.1, -0.05) is 34.6 Å². The molecule has 0 amide bonds. The largest absolute Gasteiger partial charge is 0.309 e. The molecule has 1 rings (SSSR count). The summed E-state index contributed by atoms with van der Waals surface area (Å²) in [5.74, 6) is 0. The van der Waals surface area contributed by atoms with Crippen molar-refractivity contribution in [2.75, 3.05) is 0 Å². The molecule has 1 aliphatic rings. The maximum atomic E-state index is 3.87. The van der Waals surface area contributed by atoms with Gasteiger partial charge in [0.05, 0.1) is 0 Å².